The van der Waals surface area contributed by atoms with Crippen molar-refractivity contribution in [1.29, 1.82) is 0 Å². The number of ether oxygens (including phenoxy) is 3. The zero-order chi connectivity index (χ0) is 22.2. The Kier molecular flexibility index (Phi) is 7.05. The summed E-state index contributed by atoms with van der Waals surface area (Å²) in [6.45, 7) is 3.75. The molecule has 8 nitrogen and oxygen atoms in total. The highest BCUT2D eigenvalue weighted by Gasteiger charge is 2.15. The standard InChI is InChI=1S/C23H22N2O6/c1-15-6-8-18(16(2)11-15)30-14-22(26)25-24-13-17-7-9-19(21(12-17)28-3)31-23(27)20-5-4-10-29-20/h4-13H,14H2,1-3H3,(H,25,26)/b24-13-. The second-order valence-electron chi connectivity index (χ2n) is 6.63. The molecule has 1 N–H and O–H groups in total. The SMILES string of the molecule is COc1cc(/C=N\NC(=O)COc2ccc(C)cc2C)ccc1OC(=O)c1ccco1. The van der Waals surface area contributed by atoms with Gasteiger partial charge in [-0.2, -0.15) is 5.10 Å². The van der Waals surface area contributed by atoms with Gasteiger partial charge < -0.3 is 18.6 Å². The highest BCUT2D eigenvalue weighted by molar-refractivity contribution is 5.89. The van der Waals surface area contributed by atoms with Gasteiger partial charge in [0.1, 0.15) is 5.75 Å². The molecule has 0 radical (unpaired) electrons. The maximum atomic E-state index is 12.0. The van der Waals surface area contributed by atoms with Crippen molar-refractivity contribution in [2.24, 2.45) is 5.10 Å². The molecule has 3 aromatic rings. The number of nitrogens with one attached hydrogen (secondary N) is 1. The Balaban J connectivity index is 1.55. The number of carbonyl (C=O) groups is 2. The van der Waals surface area contributed by atoms with Gasteiger partial charge in [-0.3, -0.25) is 4.79 Å². The van der Waals surface area contributed by atoms with E-state index in [2.05, 4.69) is 10.5 Å². The van der Waals surface area contributed by atoms with Crippen LogP contribution in [0.5, 0.6) is 17.2 Å². The van der Waals surface area contributed by atoms with Crippen molar-refractivity contribution in [3.8, 4) is 17.2 Å². The summed E-state index contributed by atoms with van der Waals surface area (Å²) >= 11 is 0. The predicted octanol–water partition coefficient (Wildman–Crippen LogP) is 3.65. The minimum atomic E-state index is -0.638. The monoisotopic (exact) mass is 422 g/mol. The van der Waals surface area contributed by atoms with Crippen LogP contribution in [-0.2, 0) is 4.79 Å². The van der Waals surface area contributed by atoms with Crippen LogP contribution in [0.25, 0.3) is 0 Å². The second-order valence-corrected chi connectivity index (χ2v) is 6.63. The van der Waals surface area contributed by atoms with Crippen LogP contribution in [0, 0.1) is 13.8 Å². The smallest absolute Gasteiger partial charge is 0.379 e. The zero-order valence-electron chi connectivity index (χ0n) is 17.4. The number of hydrogen-bond donors (Lipinski definition) is 1. The molecule has 1 heterocycles. The Hall–Kier alpha value is -4.07. The Morgan fingerprint density at radius 1 is 1.06 bits per heavy atom. The molecule has 0 aliphatic heterocycles. The van der Waals surface area contributed by atoms with Crippen LogP contribution < -0.4 is 19.6 Å². The number of rotatable bonds is 8. The van der Waals surface area contributed by atoms with Crippen molar-refractivity contribution in [2.75, 3.05) is 13.7 Å². The number of aryl methyl sites for hydroxylation is 2. The summed E-state index contributed by atoms with van der Waals surface area (Å²) in [5, 5.41) is 3.91. The summed E-state index contributed by atoms with van der Waals surface area (Å²) in [7, 11) is 1.45. The van der Waals surface area contributed by atoms with Crippen molar-refractivity contribution in [2.45, 2.75) is 13.8 Å². The molecule has 0 saturated heterocycles. The molecule has 0 aliphatic rings. The fourth-order valence-electron chi connectivity index (χ4n) is 2.71. The quantitative estimate of drug-likeness (QED) is 0.257. The van der Waals surface area contributed by atoms with Crippen LogP contribution in [0.15, 0.2) is 64.3 Å². The average Bonchev–Trinajstić information content (AvgIpc) is 3.29. The van der Waals surface area contributed by atoms with Gasteiger partial charge in [0.2, 0.25) is 5.76 Å². The number of amides is 1. The molecule has 0 fully saturated rings. The average molecular weight is 422 g/mol. The molecular formula is C23H22N2O6. The first-order valence-corrected chi connectivity index (χ1v) is 9.42. The Morgan fingerprint density at radius 3 is 2.58 bits per heavy atom. The maximum Gasteiger partial charge on any atom is 0.379 e. The number of carbonyl (C=O) groups excluding carboxylic acids is 2. The van der Waals surface area contributed by atoms with Crippen LogP contribution in [0.2, 0.25) is 0 Å². The molecule has 8 heteroatoms. The van der Waals surface area contributed by atoms with Gasteiger partial charge in [-0.15, -0.1) is 0 Å². The first-order chi connectivity index (χ1) is 15.0. The molecule has 0 bridgehead atoms. The lowest BCUT2D eigenvalue weighted by Gasteiger charge is -2.09. The van der Waals surface area contributed by atoms with Crippen molar-refractivity contribution < 1.29 is 28.2 Å². The molecule has 0 unspecified atom stereocenters. The van der Waals surface area contributed by atoms with E-state index in [-0.39, 0.29) is 18.1 Å². The number of benzene rings is 2. The molecule has 1 amide bonds. The van der Waals surface area contributed by atoms with Gasteiger partial charge >= 0.3 is 5.97 Å². The summed E-state index contributed by atoms with van der Waals surface area (Å²) in [4.78, 5) is 24.0. The second kappa shape index (κ2) is 10.1. The molecule has 31 heavy (non-hydrogen) atoms. The number of nitrogens with zero attached hydrogens (tertiary/aromatic N) is 1. The third kappa shape index (κ3) is 5.96. The van der Waals surface area contributed by atoms with E-state index in [4.69, 9.17) is 18.6 Å². The van der Waals surface area contributed by atoms with Crippen LogP contribution in [0.3, 0.4) is 0 Å². The summed E-state index contributed by atoms with van der Waals surface area (Å²) in [5.74, 6) is 0.251. The molecule has 3 rings (SSSR count). The highest BCUT2D eigenvalue weighted by atomic mass is 16.6. The molecule has 160 valence electrons. The van der Waals surface area contributed by atoms with Gasteiger partial charge in [0, 0.05) is 0 Å². The van der Waals surface area contributed by atoms with Crippen LogP contribution in [0.1, 0.15) is 27.2 Å². The van der Waals surface area contributed by atoms with Gasteiger partial charge in [0.25, 0.3) is 5.91 Å². The number of hydrogen-bond acceptors (Lipinski definition) is 7. The minimum Gasteiger partial charge on any atom is -0.493 e. The summed E-state index contributed by atoms with van der Waals surface area (Å²) in [6, 6.07) is 13.7. The lowest BCUT2D eigenvalue weighted by Crippen LogP contribution is -2.24. The third-order valence-corrected chi connectivity index (χ3v) is 4.20. The van der Waals surface area contributed by atoms with Gasteiger partial charge in [0.15, 0.2) is 18.1 Å². The Morgan fingerprint density at radius 2 is 1.87 bits per heavy atom. The largest absolute Gasteiger partial charge is 0.493 e. The molecule has 2 aromatic carbocycles. The van der Waals surface area contributed by atoms with Gasteiger partial charge in [-0.1, -0.05) is 17.7 Å². The van der Waals surface area contributed by atoms with Crippen LogP contribution >= 0.6 is 0 Å². The zero-order valence-corrected chi connectivity index (χ0v) is 17.4. The number of methoxy groups -OCH3 is 1. The lowest BCUT2D eigenvalue weighted by atomic mass is 10.1. The molecule has 0 saturated carbocycles. The molecule has 0 atom stereocenters. The molecule has 1 aromatic heterocycles. The van der Waals surface area contributed by atoms with Crippen molar-refractivity contribution >= 4 is 18.1 Å². The van der Waals surface area contributed by atoms with E-state index < -0.39 is 11.9 Å². The number of furan rings is 1. The normalized spacial score (nSPS) is 10.7. The van der Waals surface area contributed by atoms with Gasteiger partial charge in [-0.25, -0.2) is 10.2 Å². The lowest BCUT2D eigenvalue weighted by molar-refractivity contribution is -0.123. The van der Waals surface area contributed by atoms with Crippen molar-refractivity contribution in [3.63, 3.8) is 0 Å². The van der Waals surface area contributed by atoms with Gasteiger partial charge in [-0.05, 0) is 61.4 Å². The van der Waals surface area contributed by atoms with E-state index in [1.807, 2.05) is 32.0 Å². The highest BCUT2D eigenvalue weighted by Crippen LogP contribution is 2.28. The topological polar surface area (TPSA) is 99.4 Å². The molecule has 0 aliphatic carbocycles. The van der Waals surface area contributed by atoms with E-state index >= 15 is 0 Å². The fraction of sp³-hybridized carbons (Fsp3) is 0.174. The summed E-state index contributed by atoms with van der Waals surface area (Å²) < 4.78 is 21.1. The van der Waals surface area contributed by atoms with Crippen LogP contribution in [-0.4, -0.2) is 31.8 Å². The Labute approximate surface area is 179 Å². The number of esters is 1. The van der Waals surface area contributed by atoms with E-state index in [9.17, 15) is 9.59 Å². The van der Waals surface area contributed by atoms with Gasteiger partial charge in [0.05, 0.1) is 19.6 Å². The van der Waals surface area contributed by atoms with Crippen molar-refractivity contribution in [3.05, 3.63) is 77.2 Å². The van der Waals surface area contributed by atoms with Crippen molar-refractivity contribution in [1.82, 2.24) is 5.43 Å². The summed E-state index contributed by atoms with van der Waals surface area (Å²) in [5.41, 5.74) is 5.11. The Bertz CT molecular complexity index is 1090. The minimum absolute atomic E-state index is 0.0819. The van der Waals surface area contributed by atoms with E-state index in [1.165, 1.54) is 25.7 Å². The third-order valence-electron chi connectivity index (χ3n) is 4.20. The maximum absolute atomic E-state index is 12.0. The molecular weight excluding hydrogens is 400 g/mol. The fourth-order valence-corrected chi connectivity index (χ4v) is 2.71. The predicted molar refractivity (Wildman–Crippen MR) is 114 cm³/mol. The summed E-state index contributed by atoms with van der Waals surface area (Å²) in [6.07, 6.45) is 2.82. The van der Waals surface area contributed by atoms with Crippen LogP contribution in [0.4, 0.5) is 0 Å². The first kappa shape index (κ1) is 21.6. The van der Waals surface area contributed by atoms with E-state index in [1.54, 1.807) is 24.3 Å². The number of hydrazone groups is 1. The van der Waals surface area contributed by atoms with E-state index in [0.29, 0.717) is 17.1 Å². The first-order valence-electron chi connectivity index (χ1n) is 9.42. The van der Waals surface area contributed by atoms with E-state index in [0.717, 1.165) is 11.1 Å². The molecule has 0 spiro atoms.